The molecule has 0 saturated heterocycles. The lowest BCUT2D eigenvalue weighted by Gasteiger charge is -2.09. The van der Waals surface area contributed by atoms with Gasteiger partial charge in [0, 0.05) is 12.1 Å². The van der Waals surface area contributed by atoms with E-state index in [-0.39, 0.29) is 17.6 Å². The van der Waals surface area contributed by atoms with Crippen LogP contribution in [0.4, 0.5) is 0 Å². The van der Waals surface area contributed by atoms with Gasteiger partial charge in [0.2, 0.25) is 6.79 Å². The fourth-order valence-electron chi connectivity index (χ4n) is 2.59. The summed E-state index contributed by atoms with van der Waals surface area (Å²) < 4.78 is 34.8. The highest BCUT2D eigenvalue weighted by Crippen LogP contribution is 2.32. The van der Waals surface area contributed by atoms with Crippen LogP contribution in [0.5, 0.6) is 11.5 Å². The van der Waals surface area contributed by atoms with Crippen molar-refractivity contribution in [2.45, 2.75) is 30.4 Å². The summed E-state index contributed by atoms with van der Waals surface area (Å²) >= 11 is 0. The Morgan fingerprint density at radius 3 is 2.46 bits per heavy atom. The van der Waals surface area contributed by atoms with Crippen LogP contribution in [0.2, 0.25) is 0 Å². The van der Waals surface area contributed by atoms with Gasteiger partial charge in [0.15, 0.2) is 21.3 Å². The van der Waals surface area contributed by atoms with Crippen LogP contribution in [0.25, 0.3) is 0 Å². The van der Waals surface area contributed by atoms with E-state index >= 15 is 0 Å². The molecule has 0 aliphatic carbocycles. The summed E-state index contributed by atoms with van der Waals surface area (Å²) in [5.41, 5.74) is 1.46. The highest BCUT2D eigenvalue weighted by atomic mass is 32.2. The molecule has 0 radical (unpaired) electrons. The quantitative estimate of drug-likeness (QED) is 0.839. The number of rotatable bonds is 6. The van der Waals surface area contributed by atoms with Crippen molar-refractivity contribution in [1.82, 2.24) is 5.32 Å². The standard InChI is InChI=1S/C19H21NO5S/c1-13(2)26(22,23)16-6-4-15(5-7-16)19(21)20-10-9-14-3-8-17-18(11-14)25-12-24-17/h3-8,11,13H,9-10,12H2,1-2H3,(H,20,21). The zero-order valence-corrected chi connectivity index (χ0v) is 15.5. The minimum atomic E-state index is -3.33. The van der Waals surface area contributed by atoms with E-state index in [2.05, 4.69) is 5.32 Å². The number of ether oxygens (including phenoxy) is 2. The maximum absolute atomic E-state index is 12.2. The molecular weight excluding hydrogens is 354 g/mol. The van der Waals surface area contributed by atoms with Crippen molar-refractivity contribution in [3.8, 4) is 11.5 Å². The first-order valence-corrected chi connectivity index (χ1v) is 9.93. The van der Waals surface area contributed by atoms with Gasteiger partial charge in [-0.15, -0.1) is 0 Å². The molecule has 1 amide bonds. The molecule has 0 bridgehead atoms. The molecule has 3 rings (SSSR count). The van der Waals surface area contributed by atoms with E-state index in [1.165, 1.54) is 24.3 Å². The van der Waals surface area contributed by atoms with Gasteiger partial charge in [0.05, 0.1) is 10.1 Å². The van der Waals surface area contributed by atoms with Crippen molar-refractivity contribution in [3.63, 3.8) is 0 Å². The predicted octanol–water partition coefficient (Wildman–Crippen LogP) is 2.57. The molecule has 0 atom stereocenters. The number of hydrogen-bond donors (Lipinski definition) is 1. The third-order valence-corrected chi connectivity index (χ3v) is 6.37. The average molecular weight is 375 g/mol. The van der Waals surface area contributed by atoms with E-state index in [4.69, 9.17) is 9.47 Å². The second-order valence-corrected chi connectivity index (χ2v) is 8.82. The molecule has 0 aromatic heterocycles. The van der Waals surface area contributed by atoms with Gasteiger partial charge in [-0.05, 0) is 62.2 Å². The van der Waals surface area contributed by atoms with Crippen LogP contribution >= 0.6 is 0 Å². The van der Waals surface area contributed by atoms with Crippen molar-refractivity contribution in [3.05, 3.63) is 53.6 Å². The molecule has 1 N–H and O–H groups in total. The van der Waals surface area contributed by atoms with Crippen LogP contribution in [0.15, 0.2) is 47.4 Å². The first-order chi connectivity index (χ1) is 12.4. The topological polar surface area (TPSA) is 81.7 Å². The summed E-state index contributed by atoms with van der Waals surface area (Å²) in [6.07, 6.45) is 0.655. The van der Waals surface area contributed by atoms with Crippen LogP contribution in [0.1, 0.15) is 29.8 Å². The zero-order chi connectivity index (χ0) is 18.7. The van der Waals surface area contributed by atoms with Gasteiger partial charge in [-0.1, -0.05) is 6.07 Å². The third kappa shape index (κ3) is 3.83. The Kier molecular flexibility index (Phi) is 5.18. The summed E-state index contributed by atoms with van der Waals surface area (Å²) in [4.78, 5) is 12.4. The minimum Gasteiger partial charge on any atom is -0.454 e. The van der Waals surface area contributed by atoms with Gasteiger partial charge in [-0.2, -0.15) is 0 Å². The zero-order valence-electron chi connectivity index (χ0n) is 14.7. The van der Waals surface area contributed by atoms with Crippen LogP contribution in [0, 0.1) is 0 Å². The average Bonchev–Trinajstić information content (AvgIpc) is 3.09. The maximum atomic E-state index is 12.2. The second kappa shape index (κ2) is 7.37. The Hall–Kier alpha value is -2.54. The van der Waals surface area contributed by atoms with Crippen molar-refractivity contribution in [1.29, 1.82) is 0 Å². The fraction of sp³-hybridized carbons (Fsp3) is 0.316. The van der Waals surface area contributed by atoms with Gasteiger partial charge in [0.1, 0.15) is 0 Å². The predicted molar refractivity (Wildman–Crippen MR) is 97.4 cm³/mol. The normalized spacial score (nSPS) is 13.0. The van der Waals surface area contributed by atoms with Crippen LogP contribution in [-0.4, -0.2) is 32.9 Å². The van der Waals surface area contributed by atoms with E-state index in [9.17, 15) is 13.2 Å². The fourth-order valence-corrected chi connectivity index (χ4v) is 3.65. The summed E-state index contributed by atoms with van der Waals surface area (Å²) in [5.74, 6) is 1.21. The molecule has 1 heterocycles. The molecule has 2 aromatic rings. The molecule has 26 heavy (non-hydrogen) atoms. The van der Waals surface area contributed by atoms with E-state index in [0.717, 1.165) is 17.1 Å². The van der Waals surface area contributed by atoms with E-state index in [0.29, 0.717) is 18.5 Å². The van der Waals surface area contributed by atoms with Gasteiger partial charge in [-0.3, -0.25) is 4.79 Å². The number of amides is 1. The van der Waals surface area contributed by atoms with Crippen LogP contribution in [-0.2, 0) is 16.3 Å². The number of carbonyl (C=O) groups is 1. The summed E-state index contributed by atoms with van der Waals surface area (Å²) in [7, 11) is -3.33. The lowest BCUT2D eigenvalue weighted by Crippen LogP contribution is -2.25. The van der Waals surface area contributed by atoms with Gasteiger partial charge < -0.3 is 14.8 Å². The van der Waals surface area contributed by atoms with Gasteiger partial charge >= 0.3 is 0 Å². The van der Waals surface area contributed by atoms with E-state index in [1.54, 1.807) is 13.8 Å². The summed E-state index contributed by atoms with van der Waals surface area (Å²) in [6.45, 7) is 3.96. The molecule has 0 fully saturated rings. The molecule has 7 heteroatoms. The molecule has 1 aliphatic heterocycles. The van der Waals surface area contributed by atoms with Crippen LogP contribution < -0.4 is 14.8 Å². The molecule has 0 unspecified atom stereocenters. The monoisotopic (exact) mass is 375 g/mol. The first-order valence-electron chi connectivity index (χ1n) is 8.38. The Balaban J connectivity index is 1.57. The second-order valence-electron chi connectivity index (χ2n) is 6.31. The highest BCUT2D eigenvalue weighted by Gasteiger charge is 2.19. The highest BCUT2D eigenvalue weighted by molar-refractivity contribution is 7.92. The van der Waals surface area contributed by atoms with Crippen molar-refractivity contribution < 1.29 is 22.7 Å². The van der Waals surface area contributed by atoms with Crippen molar-refractivity contribution >= 4 is 15.7 Å². The maximum Gasteiger partial charge on any atom is 0.251 e. The lowest BCUT2D eigenvalue weighted by molar-refractivity contribution is 0.0954. The number of nitrogens with one attached hydrogen (secondary N) is 1. The number of hydrogen-bond acceptors (Lipinski definition) is 5. The summed E-state index contributed by atoms with van der Waals surface area (Å²) in [6, 6.07) is 11.7. The number of benzene rings is 2. The number of sulfone groups is 1. The van der Waals surface area contributed by atoms with E-state index in [1.807, 2.05) is 18.2 Å². The molecule has 138 valence electrons. The Morgan fingerprint density at radius 1 is 1.08 bits per heavy atom. The molecule has 0 saturated carbocycles. The third-order valence-electron chi connectivity index (χ3n) is 4.20. The molecule has 6 nitrogen and oxygen atoms in total. The smallest absolute Gasteiger partial charge is 0.251 e. The Morgan fingerprint density at radius 2 is 1.77 bits per heavy atom. The lowest BCUT2D eigenvalue weighted by atomic mass is 10.1. The summed E-state index contributed by atoms with van der Waals surface area (Å²) in [5, 5.41) is 2.34. The largest absolute Gasteiger partial charge is 0.454 e. The molecular formula is C19H21NO5S. The van der Waals surface area contributed by atoms with E-state index < -0.39 is 15.1 Å². The molecule has 0 spiro atoms. The number of fused-ring (bicyclic) bond motifs is 1. The minimum absolute atomic E-state index is 0.226. The van der Waals surface area contributed by atoms with Gasteiger partial charge in [0.25, 0.3) is 5.91 Å². The van der Waals surface area contributed by atoms with Crippen molar-refractivity contribution in [2.75, 3.05) is 13.3 Å². The Bertz CT molecular complexity index is 904. The first kappa shape index (κ1) is 18.3. The van der Waals surface area contributed by atoms with Crippen LogP contribution in [0.3, 0.4) is 0 Å². The number of carbonyl (C=O) groups excluding carboxylic acids is 1. The molecule has 1 aliphatic rings. The van der Waals surface area contributed by atoms with Gasteiger partial charge in [-0.25, -0.2) is 8.42 Å². The van der Waals surface area contributed by atoms with Crippen molar-refractivity contribution in [2.24, 2.45) is 0 Å². The Labute approximate surface area is 153 Å². The SMILES string of the molecule is CC(C)S(=O)(=O)c1ccc(C(=O)NCCc2ccc3c(c2)OCO3)cc1. The molecule has 2 aromatic carbocycles.